The maximum Gasteiger partial charge on any atom is 0.0457 e. The van der Waals surface area contributed by atoms with E-state index >= 15 is 0 Å². The largest absolute Gasteiger partial charge is 0.257 e. The lowest BCUT2D eigenvalue weighted by Gasteiger charge is -2.23. The van der Waals surface area contributed by atoms with Crippen LogP contribution in [0, 0.1) is 13.8 Å². The van der Waals surface area contributed by atoms with E-state index in [1.54, 1.807) is 0 Å². The van der Waals surface area contributed by atoms with Crippen molar-refractivity contribution < 1.29 is 0 Å². The van der Waals surface area contributed by atoms with Crippen molar-refractivity contribution in [3.63, 3.8) is 0 Å². The second kappa shape index (κ2) is 5.78. The normalized spacial score (nSPS) is 16.3. The van der Waals surface area contributed by atoms with Crippen LogP contribution in [0.4, 0.5) is 0 Å². The minimum Gasteiger partial charge on any atom is -0.257 e. The van der Waals surface area contributed by atoms with E-state index in [0.717, 1.165) is 0 Å². The van der Waals surface area contributed by atoms with Gasteiger partial charge in [-0.3, -0.25) is 4.98 Å². The zero-order valence-corrected chi connectivity index (χ0v) is 12.5. The number of benzene rings is 1. The van der Waals surface area contributed by atoms with E-state index in [0.29, 0.717) is 5.92 Å². The summed E-state index contributed by atoms with van der Waals surface area (Å²) < 4.78 is 0. The highest BCUT2D eigenvalue weighted by Crippen LogP contribution is 2.34. The Hall–Kier alpha value is -1.63. The molecule has 0 aliphatic heterocycles. The maximum absolute atomic E-state index is 4.93. The van der Waals surface area contributed by atoms with E-state index in [9.17, 15) is 0 Å². The molecule has 0 amide bonds. The predicted molar refractivity (Wildman–Crippen MR) is 85.0 cm³/mol. The van der Waals surface area contributed by atoms with Crippen molar-refractivity contribution in [2.45, 2.75) is 51.9 Å². The number of nitrogens with zero attached hydrogens (tertiary/aromatic N) is 1. The van der Waals surface area contributed by atoms with Crippen LogP contribution in [-0.4, -0.2) is 4.98 Å². The lowest BCUT2D eigenvalue weighted by Crippen LogP contribution is -2.08. The molecule has 1 saturated carbocycles. The standard InChI is InChI=1S/C19H23N/c1-14-13-18(16-9-5-3-6-10-16)20-15(2)19(14)17-11-7-4-8-12-17/h4,7-8,11-13,16H,3,5-6,9-10H2,1-2H3. The molecule has 0 atom stereocenters. The second-order valence-corrected chi connectivity index (χ2v) is 6.03. The zero-order chi connectivity index (χ0) is 13.9. The Morgan fingerprint density at radius 1 is 0.950 bits per heavy atom. The molecule has 1 aliphatic rings. The van der Waals surface area contributed by atoms with Gasteiger partial charge >= 0.3 is 0 Å². The maximum atomic E-state index is 4.93. The van der Waals surface area contributed by atoms with Crippen molar-refractivity contribution in [3.8, 4) is 11.1 Å². The van der Waals surface area contributed by atoms with Gasteiger partial charge < -0.3 is 0 Å². The van der Waals surface area contributed by atoms with Crippen molar-refractivity contribution in [1.82, 2.24) is 4.98 Å². The monoisotopic (exact) mass is 265 g/mol. The summed E-state index contributed by atoms with van der Waals surface area (Å²) in [7, 11) is 0. The van der Waals surface area contributed by atoms with Gasteiger partial charge in [-0.05, 0) is 43.9 Å². The van der Waals surface area contributed by atoms with Crippen LogP contribution in [0.15, 0.2) is 36.4 Å². The van der Waals surface area contributed by atoms with E-state index in [2.05, 4.69) is 50.2 Å². The topological polar surface area (TPSA) is 12.9 Å². The van der Waals surface area contributed by atoms with E-state index in [1.165, 1.54) is 60.2 Å². The molecule has 2 aromatic rings. The van der Waals surface area contributed by atoms with Crippen molar-refractivity contribution >= 4 is 0 Å². The summed E-state index contributed by atoms with van der Waals surface area (Å²) in [4.78, 5) is 4.93. The van der Waals surface area contributed by atoms with Crippen molar-refractivity contribution in [2.24, 2.45) is 0 Å². The fourth-order valence-electron chi connectivity index (χ4n) is 3.51. The van der Waals surface area contributed by atoms with Crippen molar-refractivity contribution in [3.05, 3.63) is 53.3 Å². The van der Waals surface area contributed by atoms with Crippen LogP contribution in [0.3, 0.4) is 0 Å². The molecule has 0 unspecified atom stereocenters. The number of rotatable bonds is 2. The van der Waals surface area contributed by atoms with Crippen LogP contribution in [0.25, 0.3) is 11.1 Å². The van der Waals surface area contributed by atoms with Crippen molar-refractivity contribution in [2.75, 3.05) is 0 Å². The number of pyridine rings is 1. The highest BCUT2D eigenvalue weighted by molar-refractivity contribution is 5.69. The molecule has 1 heterocycles. The van der Waals surface area contributed by atoms with Crippen LogP contribution >= 0.6 is 0 Å². The van der Waals surface area contributed by atoms with Crippen LogP contribution in [0.1, 0.15) is 55.0 Å². The van der Waals surface area contributed by atoms with Crippen LogP contribution < -0.4 is 0 Å². The van der Waals surface area contributed by atoms with Gasteiger partial charge in [0.2, 0.25) is 0 Å². The minimum absolute atomic E-state index is 0.686. The summed E-state index contributed by atoms with van der Waals surface area (Å²) in [6, 6.07) is 12.9. The molecule has 1 heteroatoms. The molecular formula is C19H23N. The third-order valence-electron chi connectivity index (χ3n) is 4.50. The summed E-state index contributed by atoms with van der Waals surface area (Å²) in [5, 5.41) is 0. The SMILES string of the molecule is Cc1cc(C2CCCCC2)nc(C)c1-c1ccccc1. The lowest BCUT2D eigenvalue weighted by molar-refractivity contribution is 0.436. The van der Waals surface area contributed by atoms with Gasteiger partial charge in [-0.1, -0.05) is 49.6 Å². The summed E-state index contributed by atoms with van der Waals surface area (Å²) >= 11 is 0. The molecule has 104 valence electrons. The number of hydrogen-bond acceptors (Lipinski definition) is 1. The first-order valence-corrected chi connectivity index (χ1v) is 7.79. The van der Waals surface area contributed by atoms with E-state index in [1.807, 2.05) is 0 Å². The summed E-state index contributed by atoms with van der Waals surface area (Å²) in [6.07, 6.45) is 6.76. The van der Waals surface area contributed by atoms with Gasteiger partial charge in [0.25, 0.3) is 0 Å². The third kappa shape index (κ3) is 2.63. The first-order chi connectivity index (χ1) is 9.75. The first-order valence-electron chi connectivity index (χ1n) is 7.79. The molecule has 20 heavy (non-hydrogen) atoms. The second-order valence-electron chi connectivity index (χ2n) is 6.03. The molecule has 0 saturated heterocycles. The van der Waals surface area contributed by atoms with Gasteiger partial charge in [0.1, 0.15) is 0 Å². The molecule has 3 rings (SSSR count). The first kappa shape index (κ1) is 13.4. The number of hydrogen-bond donors (Lipinski definition) is 0. The molecule has 0 bridgehead atoms. The summed E-state index contributed by atoms with van der Waals surface area (Å²) in [6.45, 7) is 4.38. The fraction of sp³-hybridized carbons (Fsp3) is 0.421. The molecule has 1 aromatic carbocycles. The average molecular weight is 265 g/mol. The molecule has 1 nitrogen and oxygen atoms in total. The number of aromatic nitrogens is 1. The molecule has 0 N–H and O–H groups in total. The predicted octanol–water partition coefficient (Wildman–Crippen LogP) is 5.41. The molecule has 1 aromatic heterocycles. The van der Waals surface area contributed by atoms with Crippen LogP contribution in [0.5, 0.6) is 0 Å². The van der Waals surface area contributed by atoms with Gasteiger partial charge in [-0.2, -0.15) is 0 Å². The Balaban J connectivity index is 1.98. The van der Waals surface area contributed by atoms with Gasteiger partial charge in [0.05, 0.1) is 0 Å². The number of aryl methyl sites for hydroxylation is 2. The Bertz CT molecular complexity index is 557. The molecular weight excluding hydrogens is 242 g/mol. The van der Waals surface area contributed by atoms with Crippen LogP contribution in [0.2, 0.25) is 0 Å². The Morgan fingerprint density at radius 3 is 2.30 bits per heavy atom. The van der Waals surface area contributed by atoms with E-state index in [4.69, 9.17) is 4.98 Å². The van der Waals surface area contributed by atoms with E-state index in [-0.39, 0.29) is 0 Å². The molecule has 1 aliphatic carbocycles. The van der Waals surface area contributed by atoms with Crippen LogP contribution in [-0.2, 0) is 0 Å². The van der Waals surface area contributed by atoms with Gasteiger partial charge in [-0.15, -0.1) is 0 Å². The molecule has 0 radical (unpaired) electrons. The quantitative estimate of drug-likeness (QED) is 0.707. The molecule has 0 spiro atoms. The lowest BCUT2D eigenvalue weighted by atomic mass is 9.85. The average Bonchev–Trinajstić information content (AvgIpc) is 2.48. The third-order valence-corrected chi connectivity index (χ3v) is 4.50. The molecule has 1 fully saturated rings. The smallest absolute Gasteiger partial charge is 0.0457 e. The van der Waals surface area contributed by atoms with E-state index < -0.39 is 0 Å². The highest BCUT2D eigenvalue weighted by atomic mass is 14.7. The Labute approximate surface area is 122 Å². The van der Waals surface area contributed by atoms with Gasteiger partial charge in [-0.25, -0.2) is 0 Å². The zero-order valence-electron chi connectivity index (χ0n) is 12.5. The highest BCUT2D eigenvalue weighted by Gasteiger charge is 2.18. The summed E-state index contributed by atoms with van der Waals surface area (Å²) in [5.41, 5.74) is 6.45. The summed E-state index contributed by atoms with van der Waals surface area (Å²) in [5.74, 6) is 0.686. The van der Waals surface area contributed by atoms with Crippen molar-refractivity contribution in [1.29, 1.82) is 0 Å². The van der Waals surface area contributed by atoms with Gasteiger partial charge in [0, 0.05) is 22.9 Å². The van der Waals surface area contributed by atoms with Gasteiger partial charge in [0.15, 0.2) is 0 Å². The Morgan fingerprint density at radius 2 is 1.65 bits per heavy atom. The fourth-order valence-corrected chi connectivity index (χ4v) is 3.51. The Kier molecular flexibility index (Phi) is 3.86. The minimum atomic E-state index is 0.686.